The van der Waals surface area contributed by atoms with Crippen LogP contribution in [0.25, 0.3) is 0 Å². The van der Waals surface area contributed by atoms with Gasteiger partial charge < -0.3 is 10.2 Å². The van der Waals surface area contributed by atoms with Gasteiger partial charge in [0.15, 0.2) is 0 Å². The summed E-state index contributed by atoms with van der Waals surface area (Å²) >= 11 is 0. The van der Waals surface area contributed by atoms with Gasteiger partial charge in [-0.2, -0.15) is 0 Å². The Bertz CT molecular complexity index is 915. The third-order valence-electron chi connectivity index (χ3n) is 6.11. The first kappa shape index (κ1) is 24.5. The predicted molar refractivity (Wildman–Crippen MR) is 132 cm³/mol. The zero-order valence-corrected chi connectivity index (χ0v) is 20.3. The molecule has 2 N–H and O–H groups in total. The highest BCUT2D eigenvalue weighted by Crippen LogP contribution is 2.35. The van der Waals surface area contributed by atoms with Gasteiger partial charge in [0, 0.05) is 5.41 Å². The molecule has 3 aromatic carbocycles. The second-order valence-electron chi connectivity index (χ2n) is 9.60. The van der Waals surface area contributed by atoms with E-state index < -0.39 is 0 Å². The summed E-state index contributed by atoms with van der Waals surface area (Å²) in [6.07, 6.45) is 0. The van der Waals surface area contributed by atoms with Crippen molar-refractivity contribution in [1.29, 1.82) is 0 Å². The fourth-order valence-electron chi connectivity index (χ4n) is 3.52. The fourth-order valence-corrected chi connectivity index (χ4v) is 3.52. The van der Waals surface area contributed by atoms with E-state index in [0.29, 0.717) is 23.3 Å². The van der Waals surface area contributed by atoms with E-state index in [1.807, 2.05) is 38.1 Å². The molecule has 31 heavy (non-hydrogen) atoms. The third kappa shape index (κ3) is 6.13. The molecule has 0 heterocycles. The van der Waals surface area contributed by atoms with Crippen molar-refractivity contribution in [2.24, 2.45) is 0 Å². The van der Waals surface area contributed by atoms with Crippen LogP contribution in [-0.2, 0) is 5.41 Å². The van der Waals surface area contributed by atoms with E-state index in [4.69, 9.17) is 0 Å². The second kappa shape index (κ2) is 10.0. The maximum absolute atomic E-state index is 9.63. The van der Waals surface area contributed by atoms with Gasteiger partial charge in [-0.05, 0) is 71.2 Å². The Kier molecular flexibility index (Phi) is 7.95. The normalized spacial score (nSPS) is 11.4. The first-order valence-corrected chi connectivity index (χ1v) is 11.1. The lowest BCUT2D eigenvalue weighted by atomic mass is 9.77. The van der Waals surface area contributed by atoms with Crippen LogP contribution >= 0.6 is 0 Å². The summed E-state index contributed by atoms with van der Waals surface area (Å²) in [5.74, 6) is 1.93. The lowest BCUT2D eigenvalue weighted by Crippen LogP contribution is -2.19. The molecule has 2 nitrogen and oxygen atoms in total. The van der Waals surface area contributed by atoms with Crippen LogP contribution in [0.4, 0.5) is 0 Å². The molecular formula is C29H38O2. The Morgan fingerprint density at radius 2 is 0.903 bits per heavy atom. The molecule has 0 atom stereocenters. The molecule has 0 saturated heterocycles. The molecule has 2 heteroatoms. The van der Waals surface area contributed by atoms with Gasteiger partial charge in [-0.25, -0.2) is 0 Å². The van der Waals surface area contributed by atoms with Gasteiger partial charge >= 0.3 is 0 Å². The number of rotatable bonds is 4. The van der Waals surface area contributed by atoms with E-state index in [9.17, 15) is 10.2 Å². The summed E-state index contributed by atoms with van der Waals surface area (Å²) in [6.45, 7) is 17.0. The lowest BCUT2D eigenvalue weighted by molar-refractivity contribution is 0.469. The van der Waals surface area contributed by atoms with Gasteiger partial charge in [-0.15, -0.1) is 0 Å². The average molecular weight is 419 g/mol. The van der Waals surface area contributed by atoms with Crippen LogP contribution in [0.15, 0.2) is 60.7 Å². The number of hydrogen-bond acceptors (Lipinski definition) is 2. The standard InChI is InChI=1S/C17H20O2.C12H18/c1-11-9-13(5-7-15(11)18)17(3,4)14-6-8-16(19)12(2)10-14;1-9(2)11-5-7-12(8-6-11)10(3)4/h5-10,18-19H,1-4H3;5-10H,1-4H3. The SMILES string of the molecule is CC(C)c1ccc(C(C)C)cc1.Cc1cc(C(C)(C)c2ccc(O)c(C)c2)ccc1O. The minimum atomic E-state index is -0.170. The van der Waals surface area contributed by atoms with Crippen molar-refractivity contribution in [2.45, 2.75) is 72.6 Å². The van der Waals surface area contributed by atoms with Crippen molar-refractivity contribution in [1.82, 2.24) is 0 Å². The van der Waals surface area contributed by atoms with E-state index in [0.717, 1.165) is 22.3 Å². The molecule has 0 aliphatic rings. The molecule has 0 aromatic heterocycles. The van der Waals surface area contributed by atoms with Crippen molar-refractivity contribution in [3.63, 3.8) is 0 Å². The third-order valence-corrected chi connectivity index (χ3v) is 6.11. The topological polar surface area (TPSA) is 40.5 Å². The van der Waals surface area contributed by atoms with Crippen LogP contribution in [0.1, 0.15) is 86.8 Å². The van der Waals surface area contributed by atoms with Gasteiger partial charge in [0.1, 0.15) is 11.5 Å². The molecule has 0 amide bonds. The van der Waals surface area contributed by atoms with Gasteiger partial charge in [0.2, 0.25) is 0 Å². The van der Waals surface area contributed by atoms with E-state index in [-0.39, 0.29) is 5.41 Å². The highest BCUT2D eigenvalue weighted by atomic mass is 16.3. The van der Waals surface area contributed by atoms with Crippen LogP contribution in [0.2, 0.25) is 0 Å². The lowest BCUT2D eigenvalue weighted by Gasteiger charge is -2.27. The molecule has 0 spiro atoms. The number of benzene rings is 3. The molecule has 0 aliphatic heterocycles. The molecule has 3 rings (SSSR count). The summed E-state index contributed by atoms with van der Waals surface area (Å²) in [5, 5.41) is 19.3. The second-order valence-corrected chi connectivity index (χ2v) is 9.60. The fraction of sp³-hybridized carbons (Fsp3) is 0.379. The summed E-state index contributed by atoms with van der Waals surface area (Å²) < 4.78 is 0. The van der Waals surface area contributed by atoms with Crippen LogP contribution in [-0.4, -0.2) is 10.2 Å². The molecule has 0 saturated carbocycles. The average Bonchev–Trinajstić information content (AvgIpc) is 2.72. The van der Waals surface area contributed by atoms with Gasteiger partial charge in [-0.3, -0.25) is 0 Å². The Morgan fingerprint density at radius 3 is 1.16 bits per heavy atom. The monoisotopic (exact) mass is 418 g/mol. The van der Waals surface area contributed by atoms with Crippen LogP contribution in [0, 0.1) is 13.8 Å². The Morgan fingerprint density at radius 1 is 0.581 bits per heavy atom. The number of phenolic OH excluding ortho intramolecular Hbond substituents is 2. The van der Waals surface area contributed by atoms with E-state index in [1.165, 1.54) is 11.1 Å². The molecule has 3 aromatic rings. The zero-order valence-electron chi connectivity index (χ0n) is 20.3. The Balaban J connectivity index is 0.000000245. The first-order valence-electron chi connectivity index (χ1n) is 11.1. The summed E-state index contributed by atoms with van der Waals surface area (Å²) in [7, 11) is 0. The van der Waals surface area contributed by atoms with Crippen LogP contribution in [0.5, 0.6) is 11.5 Å². The molecule has 0 fully saturated rings. The molecular weight excluding hydrogens is 380 g/mol. The first-order chi connectivity index (χ1) is 14.4. The number of aromatic hydroxyl groups is 2. The van der Waals surface area contributed by atoms with Crippen molar-refractivity contribution in [2.75, 3.05) is 0 Å². The quantitative estimate of drug-likeness (QED) is 0.451. The zero-order chi connectivity index (χ0) is 23.3. The van der Waals surface area contributed by atoms with Gasteiger partial charge in [0.25, 0.3) is 0 Å². The van der Waals surface area contributed by atoms with Crippen LogP contribution < -0.4 is 0 Å². The molecule has 0 bridgehead atoms. The molecule has 0 unspecified atom stereocenters. The van der Waals surface area contributed by atoms with Crippen molar-refractivity contribution in [3.05, 3.63) is 94.0 Å². The van der Waals surface area contributed by atoms with Crippen molar-refractivity contribution >= 4 is 0 Å². The summed E-state index contributed by atoms with van der Waals surface area (Å²) in [4.78, 5) is 0. The largest absolute Gasteiger partial charge is 0.508 e. The van der Waals surface area contributed by atoms with Gasteiger partial charge in [-0.1, -0.05) is 90.1 Å². The Hall–Kier alpha value is -2.74. The van der Waals surface area contributed by atoms with E-state index in [2.05, 4.69) is 65.8 Å². The maximum Gasteiger partial charge on any atom is 0.118 e. The predicted octanol–water partition coefficient (Wildman–Crippen LogP) is 7.97. The Labute approximate surface area is 188 Å². The number of phenols is 2. The van der Waals surface area contributed by atoms with E-state index >= 15 is 0 Å². The smallest absolute Gasteiger partial charge is 0.118 e. The minimum Gasteiger partial charge on any atom is -0.508 e. The number of aryl methyl sites for hydroxylation is 2. The van der Waals surface area contributed by atoms with Crippen molar-refractivity contribution in [3.8, 4) is 11.5 Å². The highest BCUT2D eigenvalue weighted by molar-refractivity contribution is 5.46. The minimum absolute atomic E-state index is 0.170. The number of hydrogen-bond donors (Lipinski definition) is 2. The molecule has 166 valence electrons. The van der Waals surface area contributed by atoms with Crippen LogP contribution in [0.3, 0.4) is 0 Å². The molecule has 0 aliphatic carbocycles. The van der Waals surface area contributed by atoms with Gasteiger partial charge in [0.05, 0.1) is 0 Å². The van der Waals surface area contributed by atoms with E-state index in [1.54, 1.807) is 12.1 Å². The summed E-state index contributed by atoms with van der Waals surface area (Å²) in [6, 6.07) is 20.3. The summed E-state index contributed by atoms with van der Waals surface area (Å²) in [5.41, 5.74) is 6.73. The van der Waals surface area contributed by atoms with Crippen molar-refractivity contribution < 1.29 is 10.2 Å². The molecule has 0 radical (unpaired) electrons. The maximum atomic E-state index is 9.63. The highest BCUT2D eigenvalue weighted by Gasteiger charge is 2.24.